The smallest absolute Gasteiger partial charge is 0.122 e. The van der Waals surface area contributed by atoms with E-state index < -0.39 is 0 Å². The fourth-order valence-corrected chi connectivity index (χ4v) is 1.65. The molecule has 1 heterocycles. The second kappa shape index (κ2) is 3.18. The average Bonchev–Trinajstić information content (AvgIpc) is 2.59. The number of amidine groups is 1. The summed E-state index contributed by atoms with van der Waals surface area (Å²) < 4.78 is 0. The Morgan fingerprint density at radius 1 is 1.50 bits per heavy atom. The first kappa shape index (κ1) is 8.81. The molecule has 0 aliphatic heterocycles. The highest BCUT2D eigenvalue weighted by Crippen LogP contribution is 2.19. The number of aromatic nitrogens is 1. The molecule has 3 nitrogen and oxygen atoms in total. The van der Waals surface area contributed by atoms with Crippen LogP contribution in [0.15, 0.2) is 24.4 Å². The molecule has 0 atom stereocenters. The van der Waals surface area contributed by atoms with Gasteiger partial charge in [-0.1, -0.05) is 19.1 Å². The largest absolute Gasteiger partial charge is 0.384 e. The molecule has 0 saturated heterocycles. The number of nitrogen functional groups attached to an aromatic ring is 1. The van der Waals surface area contributed by atoms with Gasteiger partial charge in [0.2, 0.25) is 0 Å². The minimum atomic E-state index is 0.111. The van der Waals surface area contributed by atoms with Crippen molar-refractivity contribution in [2.75, 3.05) is 0 Å². The van der Waals surface area contributed by atoms with E-state index in [-0.39, 0.29) is 5.84 Å². The van der Waals surface area contributed by atoms with E-state index in [2.05, 4.69) is 11.9 Å². The van der Waals surface area contributed by atoms with Gasteiger partial charge in [-0.3, -0.25) is 5.41 Å². The summed E-state index contributed by atoms with van der Waals surface area (Å²) in [4.78, 5) is 3.18. The van der Waals surface area contributed by atoms with Crippen molar-refractivity contribution in [1.29, 1.82) is 5.41 Å². The fraction of sp³-hybridized carbons (Fsp3) is 0.182. The molecule has 0 spiro atoms. The summed E-state index contributed by atoms with van der Waals surface area (Å²) in [5.41, 5.74) is 8.53. The number of nitrogens with two attached hydrogens (primary N) is 1. The lowest BCUT2D eigenvalue weighted by Gasteiger charge is -1.98. The highest BCUT2D eigenvalue weighted by molar-refractivity contribution is 5.99. The van der Waals surface area contributed by atoms with Crippen LogP contribution in [0.1, 0.15) is 18.1 Å². The van der Waals surface area contributed by atoms with Crippen molar-refractivity contribution >= 4 is 16.7 Å². The molecule has 0 amide bonds. The van der Waals surface area contributed by atoms with Crippen molar-refractivity contribution in [1.82, 2.24) is 4.98 Å². The maximum absolute atomic E-state index is 7.33. The van der Waals surface area contributed by atoms with Crippen LogP contribution in [0.3, 0.4) is 0 Å². The predicted molar refractivity (Wildman–Crippen MR) is 58.7 cm³/mol. The van der Waals surface area contributed by atoms with Gasteiger partial charge >= 0.3 is 0 Å². The Kier molecular flexibility index (Phi) is 2.00. The van der Waals surface area contributed by atoms with Crippen LogP contribution in [0, 0.1) is 5.41 Å². The van der Waals surface area contributed by atoms with Crippen LogP contribution in [0.5, 0.6) is 0 Å². The molecule has 1 aromatic carbocycles. The summed E-state index contributed by atoms with van der Waals surface area (Å²) in [7, 11) is 0. The number of hydrogen-bond donors (Lipinski definition) is 3. The fourth-order valence-electron chi connectivity index (χ4n) is 1.65. The molecular formula is C11H13N3. The lowest BCUT2D eigenvalue weighted by molar-refractivity contribution is 1.15. The normalized spacial score (nSPS) is 10.6. The third-order valence-corrected chi connectivity index (χ3v) is 2.46. The first-order valence-corrected chi connectivity index (χ1v) is 4.66. The van der Waals surface area contributed by atoms with Crippen LogP contribution in [-0.2, 0) is 6.42 Å². The summed E-state index contributed by atoms with van der Waals surface area (Å²) in [5, 5.41) is 8.55. The maximum Gasteiger partial charge on any atom is 0.122 e. The van der Waals surface area contributed by atoms with E-state index in [4.69, 9.17) is 11.1 Å². The van der Waals surface area contributed by atoms with Gasteiger partial charge < -0.3 is 10.7 Å². The van der Waals surface area contributed by atoms with Crippen LogP contribution in [0.4, 0.5) is 0 Å². The first-order chi connectivity index (χ1) is 6.72. The molecule has 14 heavy (non-hydrogen) atoms. The molecule has 2 rings (SSSR count). The topological polar surface area (TPSA) is 65.7 Å². The number of aryl methyl sites for hydroxylation is 1. The molecule has 3 heteroatoms. The molecule has 1 aromatic heterocycles. The van der Waals surface area contributed by atoms with Gasteiger partial charge in [0.25, 0.3) is 0 Å². The van der Waals surface area contributed by atoms with Crippen molar-refractivity contribution in [3.05, 3.63) is 35.5 Å². The van der Waals surface area contributed by atoms with E-state index in [0.717, 1.165) is 17.5 Å². The summed E-state index contributed by atoms with van der Waals surface area (Å²) in [5.74, 6) is 0.111. The number of benzene rings is 1. The number of rotatable bonds is 2. The van der Waals surface area contributed by atoms with Crippen molar-refractivity contribution in [3.63, 3.8) is 0 Å². The zero-order valence-electron chi connectivity index (χ0n) is 8.09. The van der Waals surface area contributed by atoms with Crippen molar-refractivity contribution in [3.8, 4) is 0 Å². The van der Waals surface area contributed by atoms with Crippen LogP contribution in [0.2, 0.25) is 0 Å². The molecular weight excluding hydrogens is 174 g/mol. The Morgan fingerprint density at radius 3 is 2.93 bits per heavy atom. The van der Waals surface area contributed by atoms with E-state index in [1.54, 1.807) is 0 Å². The monoisotopic (exact) mass is 187 g/mol. The van der Waals surface area contributed by atoms with Crippen LogP contribution in [0.25, 0.3) is 10.9 Å². The number of hydrogen-bond acceptors (Lipinski definition) is 1. The quantitative estimate of drug-likeness (QED) is 0.488. The Hall–Kier alpha value is -1.77. The second-order valence-corrected chi connectivity index (χ2v) is 3.34. The highest BCUT2D eigenvalue weighted by atomic mass is 14.7. The van der Waals surface area contributed by atoms with Crippen molar-refractivity contribution in [2.45, 2.75) is 13.3 Å². The Morgan fingerprint density at radius 2 is 2.29 bits per heavy atom. The lowest BCUT2D eigenvalue weighted by atomic mass is 10.1. The third kappa shape index (κ3) is 1.27. The molecule has 0 fully saturated rings. The zero-order chi connectivity index (χ0) is 10.1. The van der Waals surface area contributed by atoms with Gasteiger partial charge in [0.05, 0.1) is 0 Å². The van der Waals surface area contributed by atoms with Gasteiger partial charge in [-0.05, 0) is 18.1 Å². The van der Waals surface area contributed by atoms with Crippen LogP contribution >= 0.6 is 0 Å². The van der Waals surface area contributed by atoms with E-state index in [0.29, 0.717) is 0 Å². The van der Waals surface area contributed by atoms with E-state index in [1.165, 1.54) is 10.9 Å². The summed E-state index contributed by atoms with van der Waals surface area (Å²) >= 11 is 0. The second-order valence-electron chi connectivity index (χ2n) is 3.34. The summed E-state index contributed by atoms with van der Waals surface area (Å²) in [6, 6.07) is 5.82. The molecule has 0 bridgehead atoms. The SMILES string of the molecule is CCc1c[nH]c2cc(C(=N)N)ccc12. The number of aromatic amines is 1. The summed E-state index contributed by atoms with van der Waals surface area (Å²) in [6.07, 6.45) is 3.02. The Bertz CT molecular complexity index is 482. The van der Waals surface area contributed by atoms with E-state index in [1.807, 2.05) is 24.4 Å². The highest BCUT2D eigenvalue weighted by Gasteiger charge is 2.03. The van der Waals surface area contributed by atoms with Gasteiger partial charge in [-0.25, -0.2) is 0 Å². The van der Waals surface area contributed by atoms with Gasteiger partial charge in [-0.2, -0.15) is 0 Å². The number of fused-ring (bicyclic) bond motifs is 1. The first-order valence-electron chi connectivity index (χ1n) is 4.66. The lowest BCUT2D eigenvalue weighted by Crippen LogP contribution is -2.10. The number of H-pyrrole nitrogens is 1. The average molecular weight is 187 g/mol. The minimum absolute atomic E-state index is 0.111. The van der Waals surface area contributed by atoms with E-state index in [9.17, 15) is 0 Å². The molecule has 0 saturated carbocycles. The Labute approximate surface area is 82.4 Å². The third-order valence-electron chi connectivity index (χ3n) is 2.46. The molecule has 0 radical (unpaired) electrons. The van der Waals surface area contributed by atoms with E-state index >= 15 is 0 Å². The van der Waals surface area contributed by atoms with Gasteiger partial charge in [0.15, 0.2) is 0 Å². The molecule has 0 aliphatic rings. The van der Waals surface area contributed by atoms with Gasteiger partial charge in [0.1, 0.15) is 5.84 Å². The standard InChI is InChI=1S/C11H13N3/c1-2-7-6-14-10-5-8(11(12)13)3-4-9(7)10/h3-6,14H,2H2,1H3,(H3,12,13). The molecule has 72 valence electrons. The van der Waals surface area contributed by atoms with Gasteiger partial charge in [0, 0.05) is 22.7 Å². The minimum Gasteiger partial charge on any atom is -0.384 e. The van der Waals surface area contributed by atoms with Gasteiger partial charge in [-0.15, -0.1) is 0 Å². The Balaban J connectivity index is 2.63. The molecule has 0 aliphatic carbocycles. The molecule has 2 aromatic rings. The molecule has 4 N–H and O–H groups in total. The predicted octanol–water partition coefficient (Wildman–Crippen LogP) is 2.01. The summed E-state index contributed by atoms with van der Waals surface area (Å²) in [6.45, 7) is 2.13. The van der Waals surface area contributed by atoms with Crippen LogP contribution in [-0.4, -0.2) is 10.8 Å². The number of nitrogens with one attached hydrogen (secondary N) is 2. The van der Waals surface area contributed by atoms with Crippen molar-refractivity contribution < 1.29 is 0 Å². The zero-order valence-corrected chi connectivity index (χ0v) is 8.09. The maximum atomic E-state index is 7.33. The van der Waals surface area contributed by atoms with Crippen LogP contribution < -0.4 is 5.73 Å². The van der Waals surface area contributed by atoms with Crippen molar-refractivity contribution in [2.24, 2.45) is 5.73 Å². The molecule has 0 unspecified atom stereocenters.